The Morgan fingerprint density at radius 1 is 1.03 bits per heavy atom. The summed E-state index contributed by atoms with van der Waals surface area (Å²) in [5.74, 6) is -0.369. The fourth-order valence-electron chi connectivity index (χ4n) is 3.10. The number of carbonyl (C=O) groups excluding carboxylic acids is 1. The molecule has 0 unspecified atom stereocenters. The first-order valence-corrected chi connectivity index (χ1v) is 11.8. The highest BCUT2D eigenvalue weighted by atomic mass is 32.2. The van der Waals surface area contributed by atoms with Gasteiger partial charge in [0.1, 0.15) is 17.2 Å². The average Bonchev–Trinajstić information content (AvgIpc) is 3.53. The molecular formula is C21H13FN4OS3. The van der Waals surface area contributed by atoms with E-state index in [-0.39, 0.29) is 17.4 Å². The van der Waals surface area contributed by atoms with Crippen molar-refractivity contribution in [2.24, 2.45) is 0 Å². The summed E-state index contributed by atoms with van der Waals surface area (Å²) in [4.78, 5) is 20.4. The number of Topliss-reactive ketones (excluding diaryl/α,β-unsaturated/α-hetero) is 1. The minimum atomic E-state index is -0.374. The molecule has 4 heterocycles. The van der Waals surface area contributed by atoms with Gasteiger partial charge in [-0.2, -0.15) is 22.7 Å². The smallest absolute Gasteiger partial charge is 0.210 e. The van der Waals surface area contributed by atoms with Gasteiger partial charge in [0.2, 0.25) is 5.16 Å². The first-order chi connectivity index (χ1) is 14.7. The molecule has 0 atom stereocenters. The predicted molar refractivity (Wildman–Crippen MR) is 120 cm³/mol. The van der Waals surface area contributed by atoms with Crippen LogP contribution in [0.25, 0.3) is 33.4 Å². The number of hydrogen-bond acceptors (Lipinski definition) is 7. The van der Waals surface area contributed by atoms with Gasteiger partial charge in [0.05, 0.1) is 5.75 Å². The van der Waals surface area contributed by atoms with E-state index in [9.17, 15) is 9.18 Å². The van der Waals surface area contributed by atoms with Crippen LogP contribution in [0.15, 0.2) is 63.2 Å². The lowest BCUT2D eigenvalue weighted by atomic mass is 10.1. The Labute approximate surface area is 183 Å². The Kier molecular flexibility index (Phi) is 5.16. The highest BCUT2D eigenvalue weighted by Gasteiger charge is 2.17. The summed E-state index contributed by atoms with van der Waals surface area (Å²) in [6, 6.07) is 8.33. The quantitative estimate of drug-likeness (QED) is 0.256. The molecule has 0 aliphatic carbocycles. The number of H-pyrrole nitrogens is 1. The van der Waals surface area contributed by atoms with E-state index in [0.29, 0.717) is 16.1 Å². The van der Waals surface area contributed by atoms with Crippen LogP contribution in [-0.2, 0) is 0 Å². The van der Waals surface area contributed by atoms with Gasteiger partial charge in [-0.3, -0.25) is 4.79 Å². The summed E-state index contributed by atoms with van der Waals surface area (Å²) in [5, 5.41) is 17.6. The summed E-state index contributed by atoms with van der Waals surface area (Å²) < 4.78 is 13.6. The largest absolute Gasteiger partial charge is 0.360 e. The van der Waals surface area contributed by atoms with Crippen molar-refractivity contribution in [2.45, 2.75) is 5.16 Å². The van der Waals surface area contributed by atoms with Crippen LogP contribution in [0.5, 0.6) is 0 Å². The Hall–Kier alpha value is -2.88. The number of nitrogens with zero attached hydrogens (tertiary/aromatic N) is 3. The lowest BCUT2D eigenvalue weighted by Gasteiger charge is -2.06. The summed E-state index contributed by atoms with van der Waals surface area (Å²) >= 11 is 4.39. The normalized spacial score (nSPS) is 11.2. The number of halogens is 1. The number of nitrogens with one attached hydrogen (secondary N) is 1. The molecule has 0 bridgehead atoms. The number of benzene rings is 1. The van der Waals surface area contributed by atoms with Gasteiger partial charge in [-0.1, -0.05) is 11.8 Å². The Morgan fingerprint density at radius 2 is 1.80 bits per heavy atom. The van der Waals surface area contributed by atoms with E-state index in [1.165, 1.54) is 23.9 Å². The van der Waals surface area contributed by atoms with Crippen LogP contribution in [0.2, 0.25) is 0 Å². The number of rotatable bonds is 6. The third-order valence-corrected chi connectivity index (χ3v) is 6.74. The van der Waals surface area contributed by atoms with E-state index in [4.69, 9.17) is 0 Å². The van der Waals surface area contributed by atoms with Crippen molar-refractivity contribution in [3.63, 3.8) is 0 Å². The van der Waals surface area contributed by atoms with Crippen molar-refractivity contribution in [3.8, 4) is 22.5 Å². The molecule has 5 nitrogen and oxygen atoms in total. The molecule has 30 heavy (non-hydrogen) atoms. The molecule has 0 spiro atoms. The summed E-state index contributed by atoms with van der Waals surface area (Å²) in [6.45, 7) is 0. The molecular weight excluding hydrogens is 439 g/mol. The van der Waals surface area contributed by atoms with Crippen molar-refractivity contribution < 1.29 is 9.18 Å². The monoisotopic (exact) mass is 452 g/mol. The molecule has 0 aliphatic heterocycles. The number of carbonyl (C=O) groups is 1. The molecule has 1 N–H and O–H groups in total. The molecule has 148 valence electrons. The van der Waals surface area contributed by atoms with Gasteiger partial charge in [0, 0.05) is 44.6 Å². The summed E-state index contributed by atoms with van der Waals surface area (Å²) in [6.07, 6.45) is 1.61. The van der Waals surface area contributed by atoms with E-state index in [2.05, 4.69) is 20.2 Å². The molecule has 1 aromatic carbocycles. The van der Waals surface area contributed by atoms with Crippen molar-refractivity contribution in [1.29, 1.82) is 0 Å². The third-order valence-electron chi connectivity index (χ3n) is 4.53. The van der Waals surface area contributed by atoms with Crippen LogP contribution in [0, 0.1) is 5.82 Å². The summed E-state index contributed by atoms with van der Waals surface area (Å²) in [5.41, 5.74) is 4.58. The molecule has 0 radical (unpaired) electrons. The molecule has 0 fully saturated rings. The number of ketones is 1. The maximum Gasteiger partial charge on any atom is 0.210 e. The van der Waals surface area contributed by atoms with E-state index in [0.717, 1.165) is 28.0 Å². The second kappa shape index (κ2) is 8.10. The highest BCUT2D eigenvalue weighted by Crippen LogP contribution is 2.32. The van der Waals surface area contributed by atoms with Crippen LogP contribution in [0.4, 0.5) is 4.39 Å². The van der Waals surface area contributed by atoms with Gasteiger partial charge in [-0.05, 0) is 41.1 Å². The maximum atomic E-state index is 13.6. The fourth-order valence-corrected chi connectivity index (χ4v) is 5.05. The van der Waals surface area contributed by atoms with Gasteiger partial charge in [-0.25, -0.2) is 9.37 Å². The van der Waals surface area contributed by atoms with Crippen LogP contribution in [0.3, 0.4) is 0 Å². The van der Waals surface area contributed by atoms with Crippen molar-refractivity contribution in [1.82, 2.24) is 20.2 Å². The predicted octanol–water partition coefficient (Wildman–Crippen LogP) is 5.92. The second-order valence-corrected chi connectivity index (χ2v) is 8.92. The fraction of sp³-hybridized carbons (Fsp3) is 0.0476. The zero-order chi connectivity index (χ0) is 20.5. The van der Waals surface area contributed by atoms with Gasteiger partial charge >= 0.3 is 0 Å². The minimum Gasteiger partial charge on any atom is -0.360 e. The van der Waals surface area contributed by atoms with Crippen LogP contribution in [-0.4, -0.2) is 31.7 Å². The number of thioether (sulfide) groups is 1. The number of thiophene rings is 2. The minimum absolute atomic E-state index is 0.126. The van der Waals surface area contributed by atoms with E-state index < -0.39 is 0 Å². The van der Waals surface area contributed by atoms with Crippen molar-refractivity contribution >= 4 is 51.1 Å². The SMILES string of the molecule is O=C(CSc1nnc(-c2ccsc2)c(-c2ccsc2)n1)c1c[nH]c2ccc(F)cc12. The van der Waals surface area contributed by atoms with Gasteiger partial charge in [-0.15, -0.1) is 10.2 Å². The Balaban J connectivity index is 1.42. The Bertz CT molecular complexity index is 1330. The van der Waals surface area contributed by atoms with E-state index in [1.807, 2.05) is 33.7 Å². The number of fused-ring (bicyclic) bond motifs is 1. The molecule has 0 aliphatic rings. The highest BCUT2D eigenvalue weighted by molar-refractivity contribution is 7.99. The van der Waals surface area contributed by atoms with Gasteiger partial charge in [0.15, 0.2) is 5.78 Å². The molecule has 4 aromatic heterocycles. The van der Waals surface area contributed by atoms with Crippen molar-refractivity contribution in [2.75, 3.05) is 5.75 Å². The van der Waals surface area contributed by atoms with Crippen LogP contribution in [0.1, 0.15) is 10.4 Å². The summed E-state index contributed by atoms with van der Waals surface area (Å²) in [7, 11) is 0. The van der Waals surface area contributed by atoms with Gasteiger partial charge in [0.25, 0.3) is 0 Å². The first kappa shape index (κ1) is 19.1. The number of aromatic amines is 1. The molecule has 5 rings (SSSR count). The number of hydrogen-bond donors (Lipinski definition) is 1. The standard InChI is InChI=1S/C21H13FN4OS3/c22-14-1-2-17-15(7-14)16(8-23-17)18(27)11-30-21-24-19(12-3-5-28-9-12)20(25-26-21)13-4-6-29-10-13/h1-10,23H,11H2. The maximum absolute atomic E-state index is 13.6. The molecule has 0 saturated heterocycles. The molecule has 0 saturated carbocycles. The molecule has 0 amide bonds. The lowest BCUT2D eigenvalue weighted by Crippen LogP contribution is -2.04. The van der Waals surface area contributed by atoms with Crippen molar-refractivity contribution in [3.05, 3.63) is 69.4 Å². The average molecular weight is 453 g/mol. The van der Waals surface area contributed by atoms with E-state index in [1.54, 1.807) is 34.9 Å². The Morgan fingerprint density at radius 3 is 2.53 bits per heavy atom. The second-order valence-electron chi connectivity index (χ2n) is 6.42. The molecule has 9 heteroatoms. The van der Waals surface area contributed by atoms with Crippen LogP contribution >= 0.6 is 34.4 Å². The van der Waals surface area contributed by atoms with Crippen LogP contribution < -0.4 is 0 Å². The lowest BCUT2D eigenvalue weighted by molar-refractivity contribution is 0.102. The zero-order valence-corrected chi connectivity index (χ0v) is 17.8. The van der Waals surface area contributed by atoms with Gasteiger partial charge < -0.3 is 4.98 Å². The first-order valence-electron chi connectivity index (χ1n) is 8.91. The molecule has 5 aromatic rings. The zero-order valence-electron chi connectivity index (χ0n) is 15.3. The number of aromatic nitrogens is 4. The topological polar surface area (TPSA) is 71.5 Å². The third kappa shape index (κ3) is 3.67. The van der Waals surface area contributed by atoms with E-state index >= 15 is 0 Å².